The molecule has 2 heterocycles. The van der Waals surface area contributed by atoms with Crippen molar-refractivity contribution in [3.05, 3.63) is 47.2 Å². The highest BCUT2D eigenvalue weighted by atomic mass is 32.2. The fourth-order valence-electron chi connectivity index (χ4n) is 2.74. The van der Waals surface area contributed by atoms with Crippen LogP contribution in [0.5, 0.6) is 0 Å². The molecule has 0 N–H and O–H groups in total. The summed E-state index contributed by atoms with van der Waals surface area (Å²) in [5.74, 6) is 0.609. The number of anilines is 2. The van der Waals surface area contributed by atoms with E-state index >= 15 is 0 Å². The molecule has 0 fully saturated rings. The number of hydrogen-bond acceptors (Lipinski definition) is 7. The zero-order valence-corrected chi connectivity index (χ0v) is 17.8. The van der Waals surface area contributed by atoms with E-state index in [-0.39, 0.29) is 5.91 Å². The van der Waals surface area contributed by atoms with Crippen molar-refractivity contribution < 1.29 is 9.53 Å². The van der Waals surface area contributed by atoms with Gasteiger partial charge in [0, 0.05) is 31.7 Å². The lowest BCUT2D eigenvalue weighted by atomic mass is 10.1. The number of hydrogen-bond donors (Lipinski definition) is 0. The van der Waals surface area contributed by atoms with Crippen LogP contribution in [-0.4, -0.2) is 39.4 Å². The van der Waals surface area contributed by atoms with E-state index in [9.17, 15) is 4.79 Å². The summed E-state index contributed by atoms with van der Waals surface area (Å²) in [6.45, 7) is 4.97. The summed E-state index contributed by atoms with van der Waals surface area (Å²) in [6.07, 6.45) is 2.55. The molecule has 3 rings (SSSR count). The van der Waals surface area contributed by atoms with Crippen molar-refractivity contribution in [2.24, 2.45) is 0 Å². The molecule has 28 heavy (non-hydrogen) atoms. The first kappa shape index (κ1) is 20.5. The van der Waals surface area contributed by atoms with Gasteiger partial charge in [0.25, 0.3) is 0 Å². The maximum Gasteiger partial charge on any atom is 0.230 e. The summed E-state index contributed by atoms with van der Waals surface area (Å²) in [5.41, 5.74) is 2.92. The SMILES string of the molecule is CCc1ccccc1N(C(C)=O)c1nc(CSc2nncn2CCOC)cs1. The maximum atomic E-state index is 12.4. The van der Waals surface area contributed by atoms with Crippen LogP contribution in [0.25, 0.3) is 0 Å². The van der Waals surface area contributed by atoms with Crippen LogP contribution in [0.15, 0.2) is 41.1 Å². The highest BCUT2D eigenvalue weighted by Crippen LogP contribution is 2.33. The third kappa shape index (κ3) is 4.78. The van der Waals surface area contributed by atoms with Gasteiger partial charge < -0.3 is 9.30 Å². The molecule has 0 atom stereocenters. The average molecular weight is 418 g/mol. The average Bonchev–Trinajstić information content (AvgIpc) is 3.34. The van der Waals surface area contributed by atoms with Crippen molar-refractivity contribution in [3.8, 4) is 0 Å². The molecule has 7 nitrogen and oxygen atoms in total. The molecule has 0 radical (unpaired) electrons. The number of ether oxygens (including phenoxy) is 1. The van der Waals surface area contributed by atoms with Gasteiger partial charge in [-0.1, -0.05) is 36.9 Å². The van der Waals surface area contributed by atoms with Gasteiger partial charge >= 0.3 is 0 Å². The molecule has 0 saturated heterocycles. The van der Waals surface area contributed by atoms with Gasteiger partial charge in [-0.05, 0) is 18.1 Å². The Morgan fingerprint density at radius 1 is 1.36 bits per heavy atom. The Kier molecular flexibility index (Phi) is 7.18. The Labute approximate surface area is 172 Å². The smallest absolute Gasteiger partial charge is 0.230 e. The van der Waals surface area contributed by atoms with Crippen molar-refractivity contribution in [1.29, 1.82) is 0 Å². The van der Waals surface area contributed by atoms with Gasteiger partial charge in [0.05, 0.1) is 18.0 Å². The highest BCUT2D eigenvalue weighted by Gasteiger charge is 2.20. The quantitative estimate of drug-likeness (QED) is 0.491. The molecule has 1 amide bonds. The molecule has 0 saturated carbocycles. The number of thioether (sulfide) groups is 1. The number of nitrogens with zero attached hydrogens (tertiary/aromatic N) is 5. The largest absolute Gasteiger partial charge is 0.383 e. The van der Waals surface area contributed by atoms with E-state index < -0.39 is 0 Å². The van der Waals surface area contributed by atoms with E-state index in [1.54, 1.807) is 37.0 Å². The summed E-state index contributed by atoms with van der Waals surface area (Å²) in [5, 5.41) is 11.6. The molecular weight excluding hydrogens is 394 g/mol. The Hall–Kier alpha value is -2.23. The zero-order chi connectivity index (χ0) is 19.9. The van der Waals surface area contributed by atoms with Gasteiger partial charge in [-0.3, -0.25) is 9.69 Å². The summed E-state index contributed by atoms with van der Waals surface area (Å²) < 4.78 is 7.07. The van der Waals surface area contributed by atoms with E-state index in [1.807, 2.05) is 34.2 Å². The van der Waals surface area contributed by atoms with E-state index in [2.05, 4.69) is 17.1 Å². The second-order valence-electron chi connectivity index (χ2n) is 6.05. The number of carbonyl (C=O) groups excluding carboxylic acids is 1. The normalized spacial score (nSPS) is 11.0. The Bertz CT molecular complexity index is 924. The Morgan fingerprint density at radius 3 is 2.93 bits per heavy atom. The highest BCUT2D eigenvalue weighted by molar-refractivity contribution is 7.98. The predicted molar refractivity (Wildman–Crippen MR) is 112 cm³/mol. The number of methoxy groups -OCH3 is 1. The van der Waals surface area contributed by atoms with Gasteiger partial charge in [-0.2, -0.15) is 0 Å². The number of thiazole rings is 1. The van der Waals surface area contributed by atoms with Gasteiger partial charge in [0.1, 0.15) is 6.33 Å². The second-order valence-corrected chi connectivity index (χ2v) is 7.83. The molecule has 9 heteroatoms. The molecule has 1 aromatic carbocycles. The standard InChI is InChI=1S/C19H23N5O2S2/c1-4-15-7-5-6-8-17(15)24(14(2)25)18-21-16(11-27-18)12-28-19-22-20-13-23(19)9-10-26-3/h5-8,11,13H,4,9-10,12H2,1-3H3. The van der Waals surface area contributed by atoms with Crippen molar-refractivity contribution in [1.82, 2.24) is 19.7 Å². The number of carbonyl (C=O) groups is 1. The van der Waals surface area contributed by atoms with Gasteiger partial charge in [0.2, 0.25) is 5.91 Å². The van der Waals surface area contributed by atoms with Crippen LogP contribution in [0.2, 0.25) is 0 Å². The second kappa shape index (κ2) is 9.81. The molecule has 2 aromatic heterocycles. The van der Waals surface area contributed by atoms with Crippen molar-refractivity contribution in [2.45, 2.75) is 37.7 Å². The fraction of sp³-hybridized carbons (Fsp3) is 0.368. The summed E-state index contributed by atoms with van der Waals surface area (Å²) in [7, 11) is 1.67. The number of benzene rings is 1. The van der Waals surface area contributed by atoms with Crippen LogP contribution in [0.4, 0.5) is 10.8 Å². The third-order valence-corrected chi connectivity index (χ3v) is 6.01. The molecule has 0 spiro atoms. The van der Waals surface area contributed by atoms with Gasteiger partial charge in [0.15, 0.2) is 10.3 Å². The first-order valence-electron chi connectivity index (χ1n) is 8.96. The molecule has 148 valence electrons. The number of aryl methyl sites for hydroxylation is 1. The van der Waals surface area contributed by atoms with Crippen LogP contribution in [-0.2, 0) is 28.2 Å². The van der Waals surface area contributed by atoms with E-state index in [0.29, 0.717) is 24.0 Å². The molecule has 0 aliphatic rings. The van der Waals surface area contributed by atoms with Crippen LogP contribution in [0, 0.1) is 0 Å². The van der Waals surface area contributed by atoms with Crippen molar-refractivity contribution in [3.63, 3.8) is 0 Å². The zero-order valence-electron chi connectivity index (χ0n) is 16.2. The van der Waals surface area contributed by atoms with Crippen LogP contribution >= 0.6 is 23.1 Å². The molecule has 0 aliphatic heterocycles. The number of amides is 1. The monoisotopic (exact) mass is 417 g/mol. The minimum Gasteiger partial charge on any atom is -0.383 e. The minimum atomic E-state index is -0.0474. The first-order valence-corrected chi connectivity index (χ1v) is 10.8. The number of aromatic nitrogens is 4. The molecule has 0 bridgehead atoms. The van der Waals surface area contributed by atoms with Crippen LogP contribution in [0.3, 0.4) is 0 Å². The lowest BCUT2D eigenvalue weighted by Crippen LogP contribution is -2.23. The lowest BCUT2D eigenvalue weighted by molar-refractivity contribution is -0.115. The van der Waals surface area contributed by atoms with Gasteiger partial charge in [-0.25, -0.2) is 4.98 Å². The van der Waals surface area contributed by atoms with Crippen molar-refractivity contribution in [2.75, 3.05) is 18.6 Å². The maximum absolute atomic E-state index is 12.4. The molecule has 0 aliphatic carbocycles. The summed E-state index contributed by atoms with van der Waals surface area (Å²) in [6, 6.07) is 7.95. The number of rotatable bonds is 9. The summed E-state index contributed by atoms with van der Waals surface area (Å²) in [4.78, 5) is 18.8. The summed E-state index contributed by atoms with van der Waals surface area (Å²) >= 11 is 3.04. The third-order valence-electron chi connectivity index (χ3n) is 4.12. The molecule has 0 unspecified atom stereocenters. The van der Waals surface area contributed by atoms with Crippen LogP contribution < -0.4 is 4.90 Å². The predicted octanol–water partition coefficient (Wildman–Crippen LogP) is 3.92. The number of para-hydroxylation sites is 1. The minimum absolute atomic E-state index is 0.0474. The van der Waals surface area contributed by atoms with E-state index in [1.165, 1.54) is 11.3 Å². The first-order chi connectivity index (χ1) is 13.6. The fourth-order valence-corrected chi connectivity index (χ4v) is 4.56. The molecular formula is C19H23N5O2S2. The Morgan fingerprint density at radius 2 is 2.18 bits per heavy atom. The van der Waals surface area contributed by atoms with Gasteiger partial charge in [-0.15, -0.1) is 21.5 Å². The van der Waals surface area contributed by atoms with Crippen LogP contribution in [0.1, 0.15) is 25.1 Å². The van der Waals surface area contributed by atoms with Crippen molar-refractivity contribution >= 4 is 39.8 Å². The lowest BCUT2D eigenvalue weighted by Gasteiger charge is -2.20. The molecule has 3 aromatic rings. The van der Waals surface area contributed by atoms with E-state index in [0.717, 1.165) is 28.5 Å². The van der Waals surface area contributed by atoms with E-state index in [4.69, 9.17) is 9.72 Å². The topological polar surface area (TPSA) is 73.1 Å². The Balaban J connectivity index is 1.75.